The lowest BCUT2D eigenvalue weighted by molar-refractivity contribution is -0.274. The number of nitrogens with one attached hydrogen (secondary N) is 1. The van der Waals surface area contributed by atoms with E-state index in [2.05, 4.69) is 20.0 Å². The van der Waals surface area contributed by atoms with E-state index in [1.165, 1.54) is 24.5 Å². The third-order valence-corrected chi connectivity index (χ3v) is 5.78. The molecule has 164 valence electrons. The van der Waals surface area contributed by atoms with Gasteiger partial charge >= 0.3 is 6.36 Å². The lowest BCUT2D eigenvalue weighted by atomic mass is 9.78. The number of hydrogen-bond donors (Lipinski definition) is 1. The van der Waals surface area contributed by atoms with Crippen molar-refractivity contribution in [1.29, 1.82) is 0 Å². The summed E-state index contributed by atoms with van der Waals surface area (Å²) in [5.41, 5.74) is 2.02. The van der Waals surface area contributed by atoms with Crippen LogP contribution in [0.3, 0.4) is 0 Å². The molecule has 1 aromatic carbocycles. The lowest BCUT2D eigenvalue weighted by Crippen LogP contribution is -2.67. The molecule has 0 radical (unpaired) electrons. The highest BCUT2D eigenvalue weighted by Gasteiger charge is 2.50. The van der Waals surface area contributed by atoms with Crippen LogP contribution in [0.2, 0.25) is 0 Å². The molecular weight excluding hydrogens is 413 g/mol. The van der Waals surface area contributed by atoms with Crippen LogP contribution in [0.5, 0.6) is 5.75 Å². The number of ether oxygens (including phenoxy) is 2. The van der Waals surface area contributed by atoms with Gasteiger partial charge in [0.25, 0.3) is 5.91 Å². The monoisotopic (exact) mass is 434 g/mol. The third kappa shape index (κ3) is 4.43. The molecule has 2 saturated heterocycles. The van der Waals surface area contributed by atoms with Crippen LogP contribution in [0.25, 0.3) is 0 Å². The quantitative estimate of drug-likeness (QED) is 0.752. The normalized spacial score (nSPS) is 19.5. The van der Waals surface area contributed by atoms with Gasteiger partial charge in [-0.25, -0.2) is 9.97 Å². The summed E-state index contributed by atoms with van der Waals surface area (Å²) >= 11 is 0. The number of likely N-dealkylation sites (tertiary alicyclic amines) is 1. The summed E-state index contributed by atoms with van der Waals surface area (Å²) in [4.78, 5) is 22.6. The molecule has 1 amide bonds. The molecule has 10 heteroatoms. The van der Waals surface area contributed by atoms with E-state index in [4.69, 9.17) is 4.74 Å². The molecule has 1 aliphatic carbocycles. The number of hydrogen-bond acceptors (Lipinski definition) is 6. The van der Waals surface area contributed by atoms with Gasteiger partial charge in [0.15, 0.2) is 0 Å². The van der Waals surface area contributed by atoms with E-state index in [0.29, 0.717) is 43.4 Å². The molecule has 31 heavy (non-hydrogen) atoms. The van der Waals surface area contributed by atoms with E-state index in [0.717, 1.165) is 18.4 Å². The number of anilines is 1. The highest BCUT2D eigenvalue weighted by Crippen LogP contribution is 2.42. The van der Waals surface area contributed by atoms with Crippen molar-refractivity contribution in [2.24, 2.45) is 5.41 Å². The first kappa shape index (κ1) is 20.0. The maximum absolute atomic E-state index is 12.6. The van der Waals surface area contributed by atoms with Crippen molar-refractivity contribution in [3.63, 3.8) is 0 Å². The molecule has 2 aliphatic heterocycles. The third-order valence-electron chi connectivity index (χ3n) is 5.78. The fraction of sp³-hybridized carbons (Fsp3) is 0.476. The molecule has 3 heterocycles. The average Bonchev–Trinajstić information content (AvgIpc) is 3.48. The fourth-order valence-electron chi connectivity index (χ4n) is 4.01. The van der Waals surface area contributed by atoms with Crippen LogP contribution in [0, 0.1) is 5.41 Å². The van der Waals surface area contributed by atoms with Gasteiger partial charge in [0.1, 0.15) is 5.75 Å². The first-order valence-corrected chi connectivity index (χ1v) is 10.1. The summed E-state index contributed by atoms with van der Waals surface area (Å²) in [5, 5.41) is 2.99. The van der Waals surface area contributed by atoms with Crippen LogP contribution in [0.4, 0.5) is 19.1 Å². The number of aromatic nitrogens is 2. The van der Waals surface area contributed by atoms with Crippen LogP contribution in [0.1, 0.15) is 40.2 Å². The van der Waals surface area contributed by atoms with Crippen molar-refractivity contribution in [2.75, 3.05) is 31.6 Å². The second-order valence-electron chi connectivity index (χ2n) is 8.54. The van der Waals surface area contributed by atoms with Gasteiger partial charge in [0, 0.05) is 32.0 Å². The molecule has 5 rings (SSSR count). The number of carbonyl (C=O) groups excluding carboxylic acids is 1. The van der Waals surface area contributed by atoms with Gasteiger partial charge in [-0.3, -0.25) is 4.79 Å². The van der Waals surface area contributed by atoms with Crippen LogP contribution >= 0.6 is 0 Å². The van der Waals surface area contributed by atoms with E-state index >= 15 is 0 Å². The van der Waals surface area contributed by atoms with Crippen LogP contribution < -0.4 is 10.1 Å². The smallest absolute Gasteiger partial charge is 0.406 e. The summed E-state index contributed by atoms with van der Waals surface area (Å²) in [6, 6.07) is 4.67. The zero-order valence-electron chi connectivity index (χ0n) is 16.6. The van der Waals surface area contributed by atoms with E-state index in [9.17, 15) is 18.0 Å². The molecule has 1 spiro atoms. The van der Waals surface area contributed by atoms with Crippen molar-refractivity contribution in [3.05, 3.63) is 47.3 Å². The number of benzene rings is 1. The summed E-state index contributed by atoms with van der Waals surface area (Å²) in [6.45, 7) is 3.01. The molecule has 1 N–H and O–H groups in total. The Kier molecular flexibility index (Phi) is 4.76. The fourth-order valence-corrected chi connectivity index (χ4v) is 4.01. The maximum atomic E-state index is 12.6. The molecule has 0 unspecified atom stereocenters. The molecular formula is C21H21F3N4O3. The van der Waals surface area contributed by atoms with Gasteiger partial charge in [0.2, 0.25) is 5.95 Å². The average molecular weight is 434 g/mol. The summed E-state index contributed by atoms with van der Waals surface area (Å²) in [5.74, 6) is 0.234. The largest absolute Gasteiger partial charge is 0.573 e. The molecule has 3 aliphatic rings. The second-order valence-corrected chi connectivity index (χ2v) is 8.54. The second kappa shape index (κ2) is 7.37. The van der Waals surface area contributed by atoms with E-state index in [-0.39, 0.29) is 29.5 Å². The Morgan fingerprint density at radius 2 is 1.90 bits per heavy atom. The van der Waals surface area contributed by atoms with Crippen LogP contribution in [-0.2, 0) is 11.3 Å². The minimum absolute atomic E-state index is 0.116. The Hall–Kier alpha value is -2.88. The highest BCUT2D eigenvalue weighted by molar-refractivity contribution is 5.94. The number of nitrogens with zero attached hydrogens (tertiary/aromatic N) is 3. The van der Waals surface area contributed by atoms with Gasteiger partial charge < -0.3 is 19.7 Å². The Bertz CT molecular complexity index is 980. The maximum Gasteiger partial charge on any atom is 0.573 e. The zero-order valence-corrected chi connectivity index (χ0v) is 16.6. The number of halogens is 3. The molecule has 1 saturated carbocycles. The van der Waals surface area contributed by atoms with Crippen molar-refractivity contribution < 1.29 is 27.4 Å². The summed E-state index contributed by atoms with van der Waals surface area (Å²) < 4.78 is 47.2. The number of amides is 1. The first-order valence-electron chi connectivity index (χ1n) is 10.1. The standard InChI is InChI=1S/C21H21F3N4O3/c22-21(23,24)31-17-4-13(3-15(5-17)14-1-2-14)6-25-19-26-7-16(8-27-19)18(29)28-9-20(10-28)11-30-12-20/h3-5,7-8,14H,1-2,6,9-12H2,(H,25,26,27). The Labute approximate surface area is 176 Å². The molecule has 7 nitrogen and oxygen atoms in total. The minimum atomic E-state index is -4.74. The van der Waals surface area contributed by atoms with Gasteiger partial charge in [0.05, 0.1) is 24.2 Å². The van der Waals surface area contributed by atoms with Crippen molar-refractivity contribution in [1.82, 2.24) is 14.9 Å². The predicted octanol–water partition coefficient (Wildman–Crippen LogP) is 3.34. The predicted molar refractivity (Wildman–Crippen MR) is 104 cm³/mol. The van der Waals surface area contributed by atoms with Crippen molar-refractivity contribution in [3.8, 4) is 5.75 Å². The van der Waals surface area contributed by atoms with E-state index in [1.807, 2.05) is 6.07 Å². The topological polar surface area (TPSA) is 76.6 Å². The molecule has 2 aromatic rings. The van der Waals surface area contributed by atoms with Gasteiger partial charge in [-0.15, -0.1) is 13.2 Å². The molecule has 0 bridgehead atoms. The van der Waals surface area contributed by atoms with Crippen LogP contribution in [0.15, 0.2) is 30.6 Å². The van der Waals surface area contributed by atoms with Crippen LogP contribution in [-0.4, -0.2) is 53.4 Å². The molecule has 0 atom stereocenters. The Morgan fingerprint density at radius 3 is 2.48 bits per heavy atom. The van der Waals surface area contributed by atoms with Gasteiger partial charge in [-0.2, -0.15) is 0 Å². The van der Waals surface area contributed by atoms with E-state index in [1.54, 1.807) is 4.90 Å². The van der Waals surface area contributed by atoms with E-state index < -0.39 is 6.36 Å². The SMILES string of the molecule is O=C(c1cnc(NCc2cc(OC(F)(F)F)cc(C3CC3)c2)nc1)N1CC2(COC2)C1. The zero-order chi connectivity index (χ0) is 21.6. The Morgan fingerprint density at radius 1 is 1.19 bits per heavy atom. The summed E-state index contributed by atoms with van der Waals surface area (Å²) in [6.07, 6.45) is 0.107. The molecule has 1 aromatic heterocycles. The minimum Gasteiger partial charge on any atom is -0.406 e. The number of rotatable bonds is 6. The van der Waals surface area contributed by atoms with Crippen molar-refractivity contribution >= 4 is 11.9 Å². The van der Waals surface area contributed by atoms with Gasteiger partial charge in [-0.05, 0) is 42.0 Å². The number of carbonyl (C=O) groups is 1. The van der Waals surface area contributed by atoms with Gasteiger partial charge in [-0.1, -0.05) is 6.07 Å². The first-order chi connectivity index (χ1) is 14.8. The highest BCUT2D eigenvalue weighted by atomic mass is 19.4. The molecule has 3 fully saturated rings. The number of alkyl halides is 3. The Balaban J connectivity index is 1.21. The summed E-state index contributed by atoms with van der Waals surface area (Å²) in [7, 11) is 0. The lowest BCUT2D eigenvalue weighted by Gasteiger charge is -2.54. The van der Waals surface area contributed by atoms with Crippen molar-refractivity contribution in [2.45, 2.75) is 31.7 Å².